The summed E-state index contributed by atoms with van der Waals surface area (Å²) in [6, 6.07) is 5.45. The molecule has 4 nitrogen and oxygen atoms in total. The van der Waals surface area contributed by atoms with Crippen molar-refractivity contribution in [3.05, 3.63) is 29.3 Å². The van der Waals surface area contributed by atoms with Gasteiger partial charge in [0.1, 0.15) is 0 Å². The average Bonchev–Trinajstić information content (AvgIpc) is 2.41. The highest BCUT2D eigenvalue weighted by Crippen LogP contribution is 2.25. The van der Waals surface area contributed by atoms with Gasteiger partial charge >= 0.3 is 0 Å². The van der Waals surface area contributed by atoms with Gasteiger partial charge in [-0.2, -0.15) is 0 Å². The summed E-state index contributed by atoms with van der Waals surface area (Å²) in [5.41, 5.74) is 7.92. The highest BCUT2D eigenvalue weighted by molar-refractivity contribution is 5.95. The minimum Gasteiger partial charge on any atom is -0.399 e. The summed E-state index contributed by atoms with van der Waals surface area (Å²) < 4.78 is 5.52. The number of nitrogens with zero attached hydrogens (tertiary/aromatic N) is 1. The molecule has 4 heteroatoms. The number of amides is 1. The number of likely N-dealkylation sites (tertiary alicyclic amines) is 1. The van der Waals surface area contributed by atoms with Crippen LogP contribution < -0.4 is 5.73 Å². The lowest BCUT2D eigenvalue weighted by atomic mass is 9.94. The van der Waals surface area contributed by atoms with Gasteiger partial charge in [0, 0.05) is 31.5 Å². The van der Waals surface area contributed by atoms with Crippen molar-refractivity contribution >= 4 is 11.6 Å². The molecular weight excluding hydrogens is 240 g/mol. The van der Waals surface area contributed by atoms with E-state index in [1.54, 1.807) is 19.2 Å². The maximum Gasteiger partial charge on any atom is 0.253 e. The van der Waals surface area contributed by atoms with E-state index in [2.05, 4.69) is 6.92 Å². The molecule has 1 saturated heterocycles. The van der Waals surface area contributed by atoms with Gasteiger partial charge in [0.2, 0.25) is 0 Å². The van der Waals surface area contributed by atoms with E-state index in [1.807, 2.05) is 17.9 Å². The van der Waals surface area contributed by atoms with Crippen molar-refractivity contribution in [2.75, 3.05) is 25.9 Å². The molecule has 1 fully saturated rings. The van der Waals surface area contributed by atoms with E-state index >= 15 is 0 Å². The van der Waals surface area contributed by atoms with Gasteiger partial charge in [-0.15, -0.1) is 0 Å². The van der Waals surface area contributed by atoms with Crippen LogP contribution in [-0.4, -0.2) is 36.6 Å². The topological polar surface area (TPSA) is 55.6 Å². The fourth-order valence-electron chi connectivity index (χ4n) is 2.54. The lowest BCUT2D eigenvalue weighted by molar-refractivity contribution is -0.0440. The third-order valence-electron chi connectivity index (χ3n) is 3.96. The summed E-state index contributed by atoms with van der Waals surface area (Å²) >= 11 is 0. The molecule has 2 N–H and O–H groups in total. The first-order valence-electron chi connectivity index (χ1n) is 6.66. The van der Waals surface area contributed by atoms with Crippen LogP contribution in [0.2, 0.25) is 0 Å². The van der Waals surface area contributed by atoms with Crippen LogP contribution in [0.3, 0.4) is 0 Å². The van der Waals surface area contributed by atoms with Crippen molar-refractivity contribution in [1.29, 1.82) is 0 Å². The summed E-state index contributed by atoms with van der Waals surface area (Å²) in [7, 11) is 1.71. The van der Waals surface area contributed by atoms with E-state index in [0.717, 1.165) is 30.6 Å². The quantitative estimate of drug-likeness (QED) is 0.831. The van der Waals surface area contributed by atoms with Crippen LogP contribution in [0, 0.1) is 6.92 Å². The Balaban J connectivity index is 2.17. The molecule has 0 radical (unpaired) electrons. The van der Waals surface area contributed by atoms with Crippen LogP contribution in [0.15, 0.2) is 18.2 Å². The Bertz CT molecular complexity index is 487. The Hall–Kier alpha value is -1.55. The van der Waals surface area contributed by atoms with Gasteiger partial charge in [-0.05, 0) is 50.5 Å². The van der Waals surface area contributed by atoms with Gasteiger partial charge in [0.25, 0.3) is 5.91 Å². The zero-order valence-corrected chi connectivity index (χ0v) is 11.9. The maximum atomic E-state index is 12.5. The average molecular weight is 262 g/mol. The van der Waals surface area contributed by atoms with Crippen molar-refractivity contribution in [3.8, 4) is 0 Å². The van der Waals surface area contributed by atoms with E-state index in [-0.39, 0.29) is 11.5 Å². The molecule has 1 atom stereocenters. The van der Waals surface area contributed by atoms with Gasteiger partial charge in [0.05, 0.1) is 5.60 Å². The molecule has 2 rings (SSSR count). The van der Waals surface area contributed by atoms with Crippen molar-refractivity contribution < 1.29 is 9.53 Å². The molecule has 1 aliphatic heterocycles. The fourth-order valence-corrected chi connectivity index (χ4v) is 2.54. The molecule has 1 unspecified atom stereocenters. The number of nitrogen functional groups attached to an aromatic ring is 1. The molecule has 0 spiro atoms. The van der Waals surface area contributed by atoms with Crippen LogP contribution >= 0.6 is 0 Å². The molecule has 0 saturated carbocycles. The predicted molar refractivity (Wildman–Crippen MR) is 76.1 cm³/mol. The second kappa shape index (κ2) is 5.21. The minimum absolute atomic E-state index is 0.0612. The Morgan fingerprint density at radius 2 is 2.21 bits per heavy atom. The molecule has 104 valence electrons. The molecule has 1 amide bonds. The van der Waals surface area contributed by atoms with Crippen LogP contribution in [0.5, 0.6) is 0 Å². The number of benzene rings is 1. The standard InChI is InChI=1S/C15H22N2O2/c1-11-9-12(5-6-13(11)16)14(18)17-8-4-7-15(2,10-17)19-3/h5-6,9H,4,7-8,10,16H2,1-3H3. The van der Waals surface area contributed by atoms with Crippen LogP contribution in [0.4, 0.5) is 5.69 Å². The third kappa shape index (κ3) is 2.89. The van der Waals surface area contributed by atoms with Gasteiger partial charge in [-0.1, -0.05) is 0 Å². The van der Waals surface area contributed by atoms with Gasteiger partial charge in [-0.3, -0.25) is 4.79 Å². The molecule has 1 aliphatic rings. The molecule has 1 heterocycles. The highest BCUT2D eigenvalue weighted by Gasteiger charge is 2.33. The normalized spacial score (nSPS) is 23.4. The van der Waals surface area contributed by atoms with Gasteiger partial charge < -0.3 is 15.4 Å². The first-order chi connectivity index (χ1) is 8.95. The van der Waals surface area contributed by atoms with E-state index in [9.17, 15) is 4.79 Å². The second-order valence-corrected chi connectivity index (χ2v) is 5.56. The van der Waals surface area contributed by atoms with Crippen LogP contribution in [0.1, 0.15) is 35.7 Å². The van der Waals surface area contributed by atoms with Gasteiger partial charge in [-0.25, -0.2) is 0 Å². The van der Waals surface area contributed by atoms with Crippen molar-refractivity contribution in [3.63, 3.8) is 0 Å². The molecule has 0 aliphatic carbocycles. The second-order valence-electron chi connectivity index (χ2n) is 5.56. The predicted octanol–water partition coefficient (Wildman–Crippen LogP) is 2.22. The number of piperidine rings is 1. The lowest BCUT2D eigenvalue weighted by Crippen LogP contribution is -2.49. The van der Waals surface area contributed by atoms with Crippen LogP contribution in [-0.2, 0) is 4.74 Å². The molecule has 0 bridgehead atoms. The molecular formula is C15H22N2O2. The number of rotatable bonds is 2. The van der Waals surface area contributed by atoms with Crippen LogP contribution in [0.25, 0.3) is 0 Å². The number of nitrogens with two attached hydrogens (primary N) is 1. The monoisotopic (exact) mass is 262 g/mol. The first kappa shape index (κ1) is 13.9. The zero-order chi connectivity index (χ0) is 14.0. The van der Waals surface area contributed by atoms with Crippen molar-refractivity contribution in [2.24, 2.45) is 0 Å². The van der Waals surface area contributed by atoms with E-state index in [4.69, 9.17) is 10.5 Å². The number of methoxy groups -OCH3 is 1. The number of aryl methyl sites for hydroxylation is 1. The molecule has 1 aromatic rings. The summed E-state index contributed by atoms with van der Waals surface area (Å²) in [4.78, 5) is 14.4. The van der Waals surface area contributed by atoms with E-state index < -0.39 is 0 Å². The Morgan fingerprint density at radius 3 is 2.84 bits per heavy atom. The minimum atomic E-state index is -0.225. The number of hydrogen-bond acceptors (Lipinski definition) is 3. The third-order valence-corrected chi connectivity index (χ3v) is 3.96. The summed E-state index contributed by atoms with van der Waals surface area (Å²) in [5.74, 6) is 0.0612. The number of anilines is 1. The number of carbonyl (C=O) groups excluding carboxylic acids is 1. The first-order valence-corrected chi connectivity index (χ1v) is 6.66. The lowest BCUT2D eigenvalue weighted by Gasteiger charge is -2.39. The fraction of sp³-hybridized carbons (Fsp3) is 0.533. The largest absolute Gasteiger partial charge is 0.399 e. The van der Waals surface area contributed by atoms with E-state index in [1.165, 1.54) is 0 Å². The van der Waals surface area contributed by atoms with Gasteiger partial charge in [0.15, 0.2) is 0 Å². The number of ether oxygens (including phenoxy) is 1. The number of carbonyl (C=O) groups is 1. The Kier molecular flexibility index (Phi) is 3.80. The summed E-state index contributed by atoms with van der Waals surface area (Å²) in [5, 5.41) is 0. The molecule has 0 aromatic heterocycles. The zero-order valence-electron chi connectivity index (χ0n) is 11.9. The number of hydrogen-bond donors (Lipinski definition) is 1. The smallest absolute Gasteiger partial charge is 0.253 e. The molecule has 19 heavy (non-hydrogen) atoms. The maximum absolute atomic E-state index is 12.5. The van der Waals surface area contributed by atoms with Crippen molar-refractivity contribution in [2.45, 2.75) is 32.3 Å². The summed E-state index contributed by atoms with van der Waals surface area (Å²) in [6.45, 7) is 5.41. The highest BCUT2D eigenvalue weighted by atomic mass is 16.5. The Morgan fingerprint density at radius 1 is 1.47 bits per heavy atom. The SMILES string of the molecule is COC1(C)CCCN(C(=O)c2ccc(N)c(C)c2)C1. The van der Waals surface area contributed by atoms with E-state index in [0.29, 0.717) is 12.1 Å². The van der Waals surface area contributed by atoms with Crippen molar-refractivity contribution in [1.82, 2.24) is 4.90 Å². The molecule has 1 aromatic carbocycles. The summed E-state index contributed by atoms with van der Waals surface area (Å²) in [6.07, 6.45) is 1.97. The Labute approximate surface area is 114 Å².